The molecule has 1 rings (SSSR count). The standard InChI is InChI=1S/C15H28N2O3/c1-5-12-6-7-17(13(8-12)15(19)20)11(4)14(18)16-9-10(2)3/h10-13H,5-9H2,1-4H3,(H,16,18)(H,19,20). The van der Waals surface area contributed by atoms with Crippen molar-refractivity contribution < 1.29 is 14.7 Å². The maximum atomic E-state index is 12.1. The van der Waals surface area contributed by atoms with Gasteiger partial charge in [-0.2, -0.15) is 0 Å². The van der Waals surface area contributed by atoms with Crippen LogP contribution < -0.4 is 5.32 Å². The fourth-order valence-corrected chi connectivity index (χ4v) is 2.74. The van der Waals surface area contributed by atoms with Gasteiger partial charge in [-0.3, -0.25) is 14.5 Å². The lowest BCUT2D eigenvalue weighted by molar-refractivity contribution is -0.148. The number of carboxylic acid groups (broad SMARTS) is 1. The summed E-state index contributed by atoms with van der Waals surface area (Å²) in [5.74, 6) is -0.0305. The molecule has 0 bridgehead atoms. The molecule has 20 heavy (non-hydrogen) atoms. The molecule has 1 saturated heterocycles. The summed E-state index contributed by atoms with van der Waals surface area (Å²) < 4.78 is 0. The number of carbonyl (C=O) groups is 2. The van der Waals surface area contributed by atoms with Crippen molar-refractivity contribution in [3.05, 3.63) is 0 Å². The largest absolute Gasteiger partial charge is 0.480 e. The third-order valence-corrected chi connectivity index (χ3v) is 4.18. The minimum atomic E-state index is -0.813. The minimum absolute atomic E-state index is 0.0695. The molecule has 3 atom stereocenters. The van der Waals surface area contributed by atoms with Crippen molar-refractivity contribution in [3.8, 4) is 0 Å². The number of hydrogen-bond acceptors (Lipinski definition) is 3. The monoisotopic (exact) mass is 284 g/mol. The third-order valence-electron chi connectivity index (χ3n) is 4.18. The Morgan fingerprint density at radius 2 is 2.00 bits per heavy atom. The van der Waals surface area contributed by atoms with Gasteiger partial charge in [0.25, 0.3) is 0 Å². The van der Waals surface area contributed by atoms with Crippen LogP contribution in [0.1, 0.15) is 47.0 Å². The lowest BCUT2D eigenvalue weighted by Crippen LogP contribution is -2.55. The molecule has 0 saturated carbocycles. The SMILES string of the molecule is CCC1CCN(C(C)C(=O)NCC(C)C)C(C(=O)O)C1. The number of aliphatic carboxylic acids is 1. The molecule has 0 aromatic heterocycles. The summed E-state index contributed by atoms with van der Waals surface area (Å²) >= 11 is 0. The second-order valence-electron chi connectivity index (χ2n) is 6.21. The van der Waals surface area contributed by atoms with Crippen molar-refractivity contribution >= 4 is 11.9 Å². The molecule has 0 aliphatic carbocycles. The van der Waals surface area contributed by atoms with E-state index in [1.165, 1.54) is 0 Å². The first kappa shape index (κ1) is 17.0. The number of hydrogen-bond donors (Lipinski definition) is 2. The molecule has 0 aromatic carbocycles. The van der Waals surface area contributed by atoms with E-state index >= 15 is 0 Å². The predicted molar refractivity (Wildman–Crippen MR) is 78.5 cm³/mol. The van der Waals surface area contributed by atoms with Gasteiger partial charge in [-0.25, -0.2) is 0 Å². The maximum absolute atomic E-state index is 12.1. The lowest BCUT2D eigenvalue weighted by Gasteiger charge is -2.39. The van der Waals surface area contributed by atoms with Crippen LogP contribution in [0.15, 0.2) is 0 Å². The van der Waals surface area contributed by atoms with Crippen molar-refractivity contribution in [1.29, 1.82) is 0 Å². The van der Waals surface area contributed by atoms with Crippen LogP contribution in [-0.4, -0.2) is 47.1 Å². The lowest BCUT2D eigenvalue weighted by atomic mass is 9.88. The van der Waals surface area contributed by atoms with Gasteiger partial charge in [0.1, 0.15) is 6.04 Å². The second-order valence-corrected chi connectivity index (χ2v) is 6.21. The number of carbonyl (C=O) groups excluding carboxylic acids is 1. The van der Waals surface area contributed by atoms with E-state index in [1.54, 1.807) is 6.92 Å². The smallest absolute Gasteiger partial charge is 0.320 e. The Labute approximate surface area is 121 Å². The Kier molecular flexibility index (Phi) is 6.46. The van der Waals surface area contributed by atoms with Crippen molar-refractivity contribution in [2.45, 2.75) is 59.0 Å². The van der Waals surface area contributed by atoms with Gasteiger partial charge in [-0.05, 0) is 31.6 Å². The van der Waals surface area contributed by atoms with Crippen LogP contribution in [0.5, 0.6) is 0 Å². The maximum Gasteiger partial charge on any atom is 0.320 e. The molecule has 5 heteroatoms. The minimum Gasteiger partial charge on any atom is -0.480 e. The average Bonchev–Trinajstić information content (AvgIpc) is 2.43. The highest BCUT2D eigenvalue weighted by Crippen LogP contribution is 2.27. The fourth-order valence-electron chi connectivity index (χ4n) is 2.74. The van der Waals surface area contributed by atoms with Crippen LogP contribution in [0.2, 0.25) is 0 Å². The summed E-state index contributed by atoms with van der Waals surface area (Å²) in [5, 5.41) is 12.3. The van der Waals surface area contributed by atoms with E-state index in [1.807, 2.05) is 18.7 Å². The molecule has 0 radical (unpaired) electrons. The van der Waals surface area contributed by atoms with Gasteiger partial charge >= 0.3 is 5.97 Å². The second kappa shape index (κ2) is 7.62. The summed E-state index contributed by atoms with van der Waals surface area (Å²) in [7, 11) is 0. The van der Waals surface area contributed by atoms with Crippen molar-refractivity contribution in [1.82, 2.24) is 10.2 Å². The Balaban J connectivity index is 2.66. The molecule has 3 unspecified atom stereocenters. The van der Waals surface area contributed by atoms with Crippen LogP contribution in [0.4, 0.5) is 0 Å². The molecule has 116 valence electrons. The molecule has 0 aromatic rings. The van der Waals surface area contributed by atoms with Crippen LogP contribution >= 0.6 is 0 Å². The molecule has 1 amide bonds. The quantitative estimate of drug-likeness (QED) is 0.779. The number of amides is 1. The summed E-state index contributed by atoms with van der Waals surface area (Å²) in [6.45, 7) is 9.30. The zero-order valence-electron chi connectivity index (χ0n) is 13.1. The number of nitrogens with one attached hydrogen (secondary N) is 1. The summed E-state index contributed by atoms with van der Waals surface area (Å²) in [4.78, 5) is 25.4. The van der Waals surface area contributed by atoms with E-state index in [9.17, 15) is 14.7 Å². The topological polar surface area (TPSA) is 69.6 Å². The van der Waals surface area contributed by atoms with Gasteiger partial charge in [-0.1, -0.05) is 27.2 Å². The van der Waals surface area contributed by atoms with Crippen LogP contribution in [0, 0.1) is 11.8 Å². The van der Waals surface area contributed by atoms with Crippen molar-refractivity contribution in [3.63, 3.8) is 0 Å². The first-order valence-electron chi connectivity index (χ1n) is 7.63. The van der Waals surface area contributed by atoms with E-state index < -0.39 is 12.0 Å². The highest BCUT2D eigenvalue weighted by molar-refractivity contribution is 5.82. The highest BCUT2D eigenvalue weighted by Gasteiger charge is 2.37. The first-order valence-corrected chi connectivity index (χ1v) is 7.63. The molecule has 1 aliphatic heterocycles. The van der Waals surface area contributed by atoms with Gasteiger partial charge in [0.15, 0.2) is 0 Å². The van der Waals surface area contributed by atoms with Crippen LogP contribution in [0.25, 0.3) is 0 Å². The molecule has 1 aliphatic rings. The molecule has 1 heterocycles. The zero-order chi connectivity index (χ0) is 15.3. The van der Waals surface area contributed by atoms with Crippen LogP contribution in [0.3, 0.4) is 0 Å². The Morgan fingerprint density at radius 3 is 2.50 bits per heavy atom. The van der Waals surface area contributed by atoms with Gasteiger partial charge in [0.05, 0.1) is 6.04 Å². The highest BCUT2D eigenvalue weighted by atomic mass is 16.4. The van der Waals surface area contributed by atoms with Crippen molar-refractivity contribution in [2.24, 2.45) is 11.8 Å². The van der Waals surface area contributed by atoms with E-state index in [4.69, 9.17) is 0 Å². The molecule has 1 fully saturated rings. The van der Waals surface area contributed by atoms with Gasteiger partial charge in [0, 0.05) is 13.1 Å². The zero-order valence-corrected chi connectivity index (χ0v) is 13.1. The van der Waals surface area contributed by atoms with E-state index in [0.29, 0.717) is 31.3 Å². The summed E-state index contributed by atoms with van der Waals surface area (Å²) in [6, 6.07) is -0.916. The third kappa shape index (κ3) is 4.47. The number of rotatable bonds is 6. The fraction of sp³-hybridized carbons (Fsp3) is 0.867. The van der Waals surface area contributed by atoms with Gasteiger partial charge < -0.3 is 10.4 Å². The van der Waals surface area contributed by atoms with E-state index in [2.05, 4.69) is 12.2 Å². The number of nitrogens with zero attached hydrogens (tertiary/aromatic N) is 1. The molecule has 5 nitrogen and oxygen atoms in total. The molecule has 0 spiro atoms. The summed E-state index contributed by atoms with van der Waals surface area (Å²) in [6.07, 6.45) is 2.63. The predicted octanol–water partition coefficient (Wildman–Crippen LogP) is 1.72. The number of likely N-dealkylation sites (tertiary alicyclic amines) is 1. The van der Waals surface area contributed by atoms with E-state index in [-0.39, 0.29) is 11.9 Å². The van der Waals surface area contributed by atoms with E-state index in [0.717, 1.165) is 12.8 Å². The molecular formula is C15H28N2O3. The van der Waals surface area contributed by atoms with Crippen LogP contribution in [-0.2, 0) is 9.59 Å². The molecule has 2 N–H and O–H groups in total. The Morgan fingerprint density at radius 1 is 1.35 bits per heavy atom. The molecular weight excluding hydrogens is 256 g/mol. The number of carboxylic acids is 1. The van der Waals surface area contributed by atoms with Crippen molar-refractivity contribution in [2.75, 3.05) is 13.1 Å². The Hall–Kier alpha value is -1.10. The first-order chi connectivity index (χ1) is 9.36. The number of piperidine rings is 1. The Bertz CT molecular complexity index is 344. The normalized spacial score (nSPS) is 25.4. The average molecular weight is 284 g/mol. The summed E-state index contributed by atoms with van der Waals surface area (Å²) in [5.41, 5.74) is 0. The van der Waals surface area contributed by atoms with Gasteiger partial charge in [0.2, 0.25) is 5.91 Å². The van der Waals surface area contributed by atoms with Gasteiger partial charge in [-0.15, -0.1) is 0 Å².